The van der Waals surface area contributed by atoms with Crippen LogP contribution in [0.25, 0.3) is 0 Å². The molecule has 0 unspecified atom stereocenters. The van der Waals surface area contributed by atoms with Gasteiger partial charge in [-0.25, -0.2) is 4.79 Å². The monoisotopic (exact) mass is 309 g/mol. The van der Waals surface area contributed by atoms with Crippen LogP contribution in [0.15, 0.2) is 39.4 Å². The van der Waals surface area contributed by atoms with E-state index in [2.05, 4.69) is 21.2 Å². The van der Waals surface area contributed by atoms with Crippen molar-refractivity contribution in [3.63, 3.8) is 0 Å². The van der Waals surface area contributed by atoms with E-state index >= 15 is 0 Å². The fourth-order valence-corrected chi connectivity index (χ4v) is 2.14. The van der Waals surface area contributed by atoms with E-state index in [1.807, 2.05) is 25.1 Å². The van der Waals surface area contributed by atoms with Gasteiger partial charge in [0.2, 0.25) is 0 Å². The Morgan fingerprint density at radius 3 is 2.89 bits per heavy atom. The fraction of sp³-hybridized carbons (Fsp3) is 0.154. The van der Waals surface area contributed by atoms with E-state index in [0.29, 0.717) is 12.3 Å². The van der Waals surface area contributed by atoms with Crippen LogP contribution in [0.1, 0.15) is 21.7 Å². The van der Waals surface area contributed by atoms with Crippen LogP contribution in [0.2, 0.25) is 0 Å². The number of rotatable bonds is 4. The third-order valence-corrected chi connectivity index (χ3v) is 3.10. The minimum absolute atomic E-state index is 0.192. The van der Waals surface area contributed by atoms with Gasteiger partial charge in [0.25, 0.3) is 0 Å². The quantitative estimate of drug-likeness (QED) is 0.904. The summed E-state index contributed by atoms with van der Waals surface area (Å²) in [6.45, 7) is 2.32. The number of carbonyl (C=O) groups is 1. The summed E-state index contributed by atoms with van der Waals surface area (Å²) in [5, 5.41) is 12.1. The lowest BCUT2D eigenvalue weighted by molar-refractivity contribution is 0.0694. The molecule has 2 N–H and O–H groups in total. The molecule has 1 aromatic heterocycles. The number of nitrogens with one attached hydrogen (secondary N) is 1. The summed E-state index contributed by atoms with van der Waals surface area (Å²) in [6, 6.07) is 7.30. The van der Waals surface area contributed by atoms with E-state index in [1.165, 1.54) is 12.3 Å². The maximum Gasteiger partial charge on any atom is 0.339 e. The predicted molar refractivity (Wildman–Crippen MR) is 71.9 cm³/mol. The van der Waals surface area contributed by atoms with Crippen LogP contribution >= 0.6 is 15.9 Å². The Balaban J connectivity index is 2.11. The van der Waals surface area contributed by atoms with Gasteiger partial charge in [0, 0.05) is 10.2 Å². The molecule has 2 rings (SSSR count). The lowest BCUT2D eigenvalue weighted by Gasteiger charge is -2.08. The van der Waals surface area contributed by atoms with Gasteiger partial charge >= 0.3 is 5.97 Å². The van der Waals surface area contributed by atoms with E-state index < -0.39 is 5.97 Å². The largest absolute Gasteiger partial charge is 0.478 e. The Morgan fingerprint density at radius 2 is 2.22 bits per heavy atom. The van der Waals surface area contributed by atoms with Crippen molar-refractivity contribution in [1.29, 1.82) is 0 Å². The number of benzene rings is 1. The van der Waals surface area contributed by atoms with Crippen molar-refractivity contribution in [1.82, 2.24) is 0 Å². The number of furan rings is 1. The maximum absolute atomic E-state index is 10.9. The summed E-state index contributed by atoms with van der Waals surface area (Å²) in [4.78, 5) is 10.9. The van der Waals surface area contributed by atoms with Gasteiger partial charge in [-0.1, -0.05) is 15.9 Å². The smallest absolute Gasteiger partial charge is 0.339 e. The van der Waals surface area contributed by atoms with Crippen LogP contribution in [-0.4, -0.2) is 11.1 Å². The Bertz CT molecular complexity index is 577. The molecule has 0 spiro atoms. The lowest BCUT2D eigenvalue weighted by Crippen LogP contribution is -2.05. The molecule has 1 heterocycles. The molecule has 0 saturated carbocycles. The molecule has 0 atom stereocenters. The highest BCUT2D eigenvalue weighted by atomic mass is 79.9. The first kappa shape index (κ1) is 12.7. The average molecular weight is 310 g/mol. The van der Waals surface area contributed by atoms with Crippen LogP contribution < -0.4 is 5.32 Å². The van der Waals surface area contributed by atoms with Crippen molar-refractivity contribution in [3.8, 4) is 0 Å². The number of halogens is 1. The molecule has 18 heavy (non-hydrogen) atoms. The van der Waals surface area contributed by atoms with Crippen LogP contribution in [0, 0.1) is 6.92 Å². The molecule has 2 aromatic rings. The predicted octanol–water partition coefficient (Wildman–Crippen LogP) is 3.66. The number of hydrogen-bond acceptors (Lipinski definition) is 3. The van der Waals surface area contributed by atoms with Crippen molar-refractivity contribution in [2.45, 2.75) is 13.5 Å². The van der Waals surface area contributed by atoms with Gasteiger partial charge in [0.15, 0.2) is 0 Å². The second-order valence-electron chi connectivity index (χ2n) is 3.88. The molecular formula is C13H12BrNO3. The molecule has 0 radical (unpaired) electrons. The first-order chi connectivity index (χ1) is 8.58. The topological polar surface area (TPSA) is 62.5 Å². The van der Waals surface area contributed by atoms with Gasteiger partial charge in [-0.2, -0.15) is 0 Å². The summed E-state index contributed by atoms with van der Waals surface area (Å²) < 4.78 is 6.17. The van der Waals surface area contributed by atoms with E-state index in [4.69, 9.17) is 9.52 Å². The van der Waals surface area contributed by atoms with Crippen molar-refractivity contribution < 1.29 is 14.3 Å². The third kappa shape index (κ3) is 2.73. The highest BCUT2D eigenvalue weighted by molar-refractivity contribution is 9.10. The average Bonchev–Trinajstić information content (AvgIpc) is 2.76. The summed E-state index contributed by atoms with van der Waals surface area (Å²) in [6.07, 6.45) is 1.38. The van der Waals surface area contributed by atoms with E-state index in [0.717, 1.165) is 15.7 Å². The number of aromatic carboxylic acids is 1. The zero-order chi connectivity index (χ0) is 13.1. The Labute approximate surface area is 113 Å². The number of hydrogen-bond donors (Lipinski definition) is 2. The van der Waals surface area contributed by atoms with E-state index in [1.54, 1.807) is 0 Å². The SMILES string of the molecule is Cc1cc(Br)ccc1NCc1occc1C(=O)O. The van der Waals surface area contributed by atoms with Gasteiger partial charge in [-0.05, 0) is 36.8 Å². The third-order valence-electron chi connectivity index (χ3n) is 2.60. The minimum Gasteiger partial charge on any atom is -0.478 e. The Morgan fingerprint density at radius 1 is 1.44 bits per heavy atom. The second kappa shape index (κ2) is 5.27. The molecule has 0 amide bonds. The van der Waals surface area contributed by atoms with Crippen molar-refractivity contribution in [2.24, 2.45) is 0 Å². The zero-order valence-corrected chi connectivity index (χ0v) is 11.3. The first-order valence-corrected chi connectivity index (χ1v) is 6.17. The highest BCUT2D eigenvalue weighted by Gasteiger charge is 2.13. The number of carboxylic acid groups (broad SMARTS) is 1. The van der Waals surface area contributed by atoms with Crippen LogP contribution in [-0.2, 0) is 6.54 Å². The number of carboxylic acids is 1. The van der Waals surface area contributed by atoms with Gasteiger partial charge in [0.05, 0.1) is 12.8 Å². The normalized spacial score (nSPS) is 10.3. The molecule has 1 aromatic carbocycles. The summed E-state index contributed by atoms with van der Waals surface area (Å²) in [5.41, 5.74) is 2.22. The van der Waals surface area contributed by atoms with Crippen molar-refractivity contribution in [3.05, 3.63) is 51.9 Å². The van der Waals surface area contributed by atoms with Gasteiger partial charge in [-0.3, -0.25) is 0 Å². The Kier molecular flexibility index (Phi) is 3.72. The molecule has 5 heteroatoms. The van der Waals surface area contributed by atoms with Crippen LogP contribution in [0.5, 0.6) is 0 Å². The molecule has 0 fully saturated rings. The molecule has 0 saturated heterocycles. The molecular weight excluding hydrogens is 298 g/mol. The summed E-state index contributed by atoms with van der Waals surface area (Å²) in [5.74, 6) is -0.558. The zero-order valence-electron chi connectivity index (χ0n) is 9.74. The molecule has 0 bridgehead atoms. The van der Waals surface area contributed by atoms with Gasteiger partial charge < -0.3 is 14.8 Å². The first-order valence-electron chi connectivity index (χ1n) is 5.37. The molecule has 0 aliphatic rings. The maximum atomic E-state index is 10.9. The van der Waals surface area contributed by atoms with Gasteiger partial charge in [-0.15, -0.1) is 0 Å². The van der Waals surface area contributed by atoms with Gasteiger partial charge in [0.1, 0.15) is 11.3 Å². The number of aryl methyl sites for hydroxylation is 1. The Hall–Kier alpha value is -1.75. The number of anilines is 1. The fourth-order valence-electron chi connectivity index (χ4n) is 1.67. The molecule has 4 nitrogen and oxygen atoms in total. The summed E-state index contributed by atoms with van der Waals surface area (Å²) >= 11 is 3.39. The molecule has 94 valence electrons. The van der Waals surface area contributed by atoms with Crippen molar-refractivity contribution in [2.75, 3.05) is 5.32 Å². The lowest BCUT2D eigenvalue weighted by atomic mass is 10.2. The standard InChI is InChI=1S/C13H12BrNO3/c1-8-6-9(14)2-3-11(8)15-7-12-10(13(16)17)4-5-18-12/h2-6,15H,7H2,1H3,(H,16,17). The van der Waals surface area contributed by atoms with Crippen LogP contribution in [0.4, 0.5) is 5.69 Å². The second-order valence-corrected chi connectivity index (χ2v) is 4.79. The molecule has 0 aliphatic carbocycles. The van der Waals surface area contributed by atoms with Crippen molar-refractivity contribution >= 4 is 27.6 Å². The molecule has 0 aliphatic heterocycles. The minimum atomic E-state index is -0.979. The highest BCUT2D eigenvalue weighted by Crippen LogP contribution is 2.21. The van der Waals surface area contributed by atoms with E-state index in [9.17, 15) is 4.79 Å². The van der Waals surface area contributed by atoms with E-state index in [-0.39, 0.29) is 5.56 Å². The van der Waals surface area contributed by atoms with Crippen LogP contribution in [0.3, 0.4) is 0 Å². The summed E-state index contributed by atoms with van der Waals surface area (Å²) in [7, 11) is 0.